The van der Waals surface area contributed by atoms with Gasteiger partial charge in [0.05, 0.1) is 0 Å². The summed E-state index contributed by atoms with van der Waals surface area (Å²) < 4.78 is 0. The van der Waals surface area contributed by atoms with Gasteiger partial charge in [0.25, 0.3) is 0 Å². The van der Waals surface area contributed by atoms with E-state index in [9.17, 15) is 0 Å². The minimum Gasteiger partial charge on any atom is -0.327 e. The topological polar surface area (TPSA) is 52.0 Å². The molecular formula is C29H64N2. The maximum atomic E-state index is 6.02. The maximum Gasteiger partial charge on any atom is 0.00619 e. The van der Waals surface area contributed by atoms with Gasteiger partial charge in [0, 0.05) is 12.1 Å². The highest BCUT2D eigenvalue weighted by molar-refractivity contribution is 4.69. The highest BCUT2D eigenvalue weighted by atomic mass is 14.6. The Kier molecular flexibility index (Phi) is 27.9. The quantitative estimate of drug-likeness (QED) is 0.175. The third-order valence-corrected chi connectivity index (χ3v) is 7.18. The van der Waals surface area contributed by atoms with Gasteiger partial charge in [-0.25, -0.2) is 0 Å². The lowest BCUT2D eigenvalue weighted by Gasteiger charge is -2.19. The van der Waals surface area contributed by atoms with Crippen LogP contribution in [0.2, 0.25) is 0 Å². The lowest BCUT2D eigenvalue weighted by atomic mass is 9.91. The molecule has 0 aliphatic heterocycles. The molecule has 0 aliphatic carbocycles. The Morgan fingerprint density at radius 1 is 0.419 bits per heavy atom. The predicted octanol–water partition coefficient (Wildman–Crippen LogP) is 9.39. The number of unbranched alkanes of at least 4 members (excludes halogenated alkanes) is 13. The molecule has 0 radical (unpaired) electrons. The molecular weight excluding hydrogens is 376 g/mol. The van der Waals surface area contributed by atoms with E-state index in [2.05, 4.69) is 41.5 Å². The molecule has 190 valence electrons. The monoisotopic (exact) mass is 441 g/mol. The summed E-state index contributed by atoms with van der Waals surface area (Å²) in [5, 5.41) is 0. The summed E-state index contributed by atoms with van der Waals surface area (Å²) in [4.78, 5) is 0. The van der Waals surface area contributed by atoms with Crippen LogP contribution in [0.25, 0.3) is 0 Å². The first-order valence-corrected chi connectivity index (χ1v) is 14.4. The molecule has 0 rings (SSSR count). The standard InChI is InChI=1S/C15H34N2.C14H30/c1-5-14(16)12(3)10-8-7-9-11-13(4)15(17)6-2;1-3-5-7-9-11-13-14-12-10-8-6-4-2/h12-15H,5-11,16-17H2,1-4H3;3-14H2,1-2H3. The fraction of sp³-hybridized carbons (Fsp3) is 1.00. The number of nitrogens with two attached hydrogens (primary N) is 2. The van der Waals surface area contributed by atoms with E-state index in [4.69, 9.17) is 11.5 Å². The first-order chi connectivity index (χ1) is 14.9. The Morgan fingerprint density at radius 2 is 0.677 bits per heavy atom. The van der Waals surface area contributed by atoms with Gasteiger partial charge in [-0.3, -0.25) is 0 Å². The Balaban J connectivity index is 0. The number of hydrogen-bond acceptors (Lipinski definition) is 2. The zero-order valence-electron chi connectivity index (χ0n) is 22.9. The lowest BCUT2D eigenvalue weighted by Crippen LogP contribution is -2.27. The molecule has 4 atom stereocenters. The smallest absolute Gasteiger partial charge is 0.00619 e. The van der Waals surface area contributed by atoms with E-state index in [-0.39, 0.29) is 0 Å². The molecule has 2 heteroatoms. The fourth-order valence-electron chi connectivity index (χ4n) is 4.26. The number of hydrogen-bond donors (Lipinski definition) is 2. The molecule has 0 aromatic heterocycles. The predicted molar refractivity (Wildman–Crippen MR) is 145 cm³/mol. The zero-order valence-corrected chi connectivity index (χ0v) is 22.9. The molecule has 4 unspecified atom stereocenters. The van der Waals surface area contributed by atoms with E-state index in [0.717, 1.165) is 12.8 Å². The summed E-state index contributed by atoms with van der Waals surface area (Å²) in [6, 6.07) is 0.782. The molecule has 31 heavy (non-hydrogen) atoms. The van der Waals surface area contributed by atoms with Crippen molar-refractivity contribution in [3.8, 4) is 0 Å². The van der Waals surface area contributed by atoms with Crippen molar-refractivity contribution in [3.63, 3.8) is 0 Å². The summed E-state index contributed by atoms with van der Waals surface area (Å²) >= 11 is 0. The van der Waals surface area contributed by atoms with Crippen LogP contribution >= 0.6 is 0 Å². The van der Waals surface area contributed by atoms with Gasteiger partial charge in [-0.2, -0.15) is 0 Å². The van der Waals surface area contributed by atoms with Crippen LogP contribution in [0.3, 0.4) is 0 Å². The molecule has 0 aromatic rings. The van der Waals surface area contributed by atoms with E-state index in [1.165, 1.54) is 109 Å². The largest absolute Gasteiger partial charge is 0.327 e. The molecule has 2 nitrogen and oxygen atoms in total. The molecule has 0 spiro atoms. The Morgan fingerprint density at radius 3 is 0.935 bits per heavy atom. The summed E-state index contributed by atoms with van der Waals surface area (Å²) in [7, 11) is 0. The summed E-state index contributed by atoms with van der Waals surface area (Å²) in [5.41, 5.74) is 12.0. The Bertz CT molecular complexity index is 288. The third-order valence-electron chi connectivity index (χ3n) is 7.18. The average molecular weight is 441 g/mol. The average Bonchev–Trinajstić information content (AvgIpc) is 2.79. The van der Waals surface area contributed by atoms with E-state index in [0.29, 0.717) is 23.9 Å². The molecule has 4 N–H and O–H groups in total. The van der Waals surface area contributed by atoms with E-state index in [1.54, 1.807) is 0 Å². The molecule has 0 fully saturated rings. The molecule has 0 amide bonds. The molecule has 0 aliphatic rings. The van der Waals surface area contributed by atoms with E-state index < -0.39 is 0 Å². The van der Waals surface area contributed by atoms with Crippen molar-refractivity contribution < 1.29 is 0 Å². The van der Waals surface area contributed by atoms with Gasteiger partial charge in [0.1, 0.15) is 0 Å². The van der Waals surface area contributed by atoms with Gasteiger partial charge in [0.15, 0.2) is 0 Å². The Hall–Kier alpha value is -0.0800. The normalized spacial score (nSPS) is 15.1. The first kappa shape index (κ1) is 33.1. The maximum absolute atomic E-state index is 6.02. The van der Waals surface area contributed by atoms with Crippen LogP contribution in [0.15, 0.2) is 0 Å². The van der Waals surface area contributed by atoms with Crippen LogP contribution in [-0.4, -0.2) is 12.1 Å². The molecule has 0 bridgehead atoms. The fourth-order valence-corrected chi connectivity index (χ4v) is 4.26. The van der Waals surface area contributed by atoms with Crippen LogP contribution in [0, 0.1) is 11.8 Å². The van der Waals surface area contributed by atoms with Crippen LogP contribution in [-0.2, 0) is 0 Å². The van der Waals surface area contributed by atoms with Crippen molar-refractivity contribution in [1.29, 1.82) is 0 Å². The van der Waals surface area contributed by atoms with E-state index >= 15 is 0 Å². The molecule has 0 saturated heterocycles. The second kappa shape index (κ2) is 26.2. The molecule has 0 aromatic carbocycles. The molecule has 0 saturated carbocycles. The van der Waals surface area contributed by atoms with Crippen LogP contribution in [0.4, 0.5) is 0 Å². The first-order valence-electron chi connectivity index (χ1n) is 14.4. The summed E-state index contributed by atoms with van der Waals surface area (Å²) in [5.74, 6) is 1.35. The Labute approximate surface area is 199 Å². The van der Waals surface area contributed by atoms with Crippen LogP contribution < -0.4 is 11.5 Å². The third kappa shape index (κ3) is 24.4. The number of rotatable bonds is 21. The van der Waals surface area contributed by atoms with Crippen molar-refractivity contribution in [2.75, 3.05) is 0 Å². The van der Waals surface area contributed by atoms with Crippen molar-refractivity contribution in [1.82, 2.24) is 0 Å². The summed E-state index contributed by atoms with van der Waals surface area (Å²) in [6.07, 6.45) is 26.2. The van der Waals surface area contributed by atoms with Gasteiger partial charge in [-0.1, -0.05) is 138 Å². The van der Waals surface area contributed by atoms with Crippen molar-refractivity contribution in [2.24, 2.45) is 23.3 Å². The van der Waals surface area contributed by atoms with Gasteiger partial charge < -0.3 is 11.5 Å². The van der Waals surface area contributed by atoms with Gasteiger partial charge >= 0.3 is 0 Å². The second-order valence-corrected chi connectivity index (χ2v) is 10.3. The van der Waals surface area contributed by atoms with Gasteiger partial charge in [0.2, 0.25) is 0 Å². The van der Waals surface area contributed by atoms with Crippen molar-refractivity contribution in [3.05, 3.63) is 0 Å². The SMILES string of the molecule is CCC(N)C(C)CCCCCC(C)C(N)CC.CCCCCCCCCCCCCC. The van der Waals surface area contributed by atoms with E-state index in [1.807, 2.05) is 0 Å². The van der Waals surface area contributed by atoms with Crippen molar-refractivity contribution >= 4 is 0 Å². The minimum absolute atomic E-state index is 0.391. The highest BCUT2D eigenvalue weighted by Gasteiger charge is 2.11. The van der Waals surface area contributed by atoms with Gasteiger partial charge in [-0.05, 0) is 37.5 Å². The van der Waals surface area contributed by atoms with Crippen LogP contribution in [0.5, 0.6) is 0 Å². The summed E-state index contributed by atoms with van der Waals surface area (Å²) in [6.45, 7) is 13.5. The lowest BCUT2D eigenvalue weighted by molar-refractivity contribution is 0.374. The highest BCUT2D eigenvalue weighted by Crippen LogP contribution is 2.18. The van der Waals surface area contributed by atoms with Crippen molar-refractivity contribution in [2.45, 2.75) is 176 Å². The zero-order chi connectivity index (χ0) is 23.7. The minimum atomic E-state index is 0.391. The molecule has 0 heterocycles. The second-order valence-electron chi connectivity index (χ2n) is 10.3. The van der Waals surface area contributed by atoms with Gasteiger partial charge in [-0.15, -0.1) is 0 Å². The van der Waals surface area contributed by atoms with Crippen LogP contribution in [0.1, 0.15) is 164 Å².